The predicted octanol–water partition coefficient (Wildman–Crippen LogP) is 5.60. The summed E-state index contributed by atoms with van der Waals surface area (Å²) in [5, 5.41) is 9.67. The third-order valence-corrected chi connectivity index (χ3v) is 7.94. The summed E-state index contributed by atoms with van der Waals surface area (Å²) < 4.78 is 34.6. The molecule has 1 unspecified atom stereocenters. The van der Waals surface area contributed by atoms with Gasteiger partial charge in [0.2, 0.25) is 0 Å². The summed E-state index contributed by atoms with van der Waals surface area (Å²) in [7, 11) is 1.37. The topological polar surface area (TPSA) is 84.7 Å². The van der Waals surface area contributed by atoms with Crippen molar-refractivity contribution in [1.82, 2.24) is 14.5 Å². The number of carbonyl (C=O) groups is 2. The lowest BCUT2D eigenvalue weighted by atomic mass is 9.81. The molecule has 1 aliphatic heterocycles. The molecule has 7 nitrogen and oxygen atoms in total. The first-order chi connectivity index (χ1) is 17.8. The maximum atomic E-state index is 14.0. The number of amides is 1. The Balaban J connectivity index is 1.59. The number of imidazole rings is 1. The van der Waals surface area contributed by atoms with E-state index < -0.39 is 23.5 Å². The lowest BCUT2D eigenvalue weighted by Gasteiger charge is -2.28. The van der Waals surface area contributed by atoms with Crippen LogP contribution in [-0.4, -0.2) is 45.3 Å². The highest BCUT2D eigenvalue weighted by Gasteiger charge is 2.33. The Labute approximate surface area is 214 Å². The number of carboxylic acid groups (broad SMARTS) is 1. The van der Waals surface area contributed by atoms with Crippen LogP contribution >= 0.6 is 0 Å². The zero-order chi connectivity index (χ0) is 26.3. The van der Waals surface area contributed by atoms with Crippen LogP contribution in [-0.2, 0) is 29.0 Å². The minimum Gasteiger partial charge on any atom is -0.481 e. The summed E-state index contributed by atoms with van der Waals surface area (Å²) in [6.07, 6.45) is 3.11. The summed E-state index contributed by atoms with van der Waals surface area (Å²) in [6.45, 7) is 3.39. The first-order valence-electron chi connectivity index (χ1n) is 12.8. The SMILES string of the molecule is COC(=O)N1CCc2ccc3c(nc(C4CCC[C@H](C(=O)O)C4)n3C[C@H](C)c3ccc(F)c(F)c3)c2C1. The lowest BCUT2D eigenvalue weighted by Crippen LogP contribution is -2.35. The maximum absolute atomic E-state index is 14.0. The number of benzene rings is 2. The quantitative estimate of drug-likeness (QED) is 0.482. The van der Waals surface area contributed by atoms with Crippen molar-refractivity contribution in [3.63, 3.8) is 0 Å². The minimum absolute atomic E-state index is 0.0321. The Morgan fingerprint density at radius 1 is 1.19 bits per heavy atom. The highest BCUT2D eigenvalue weighted by Crippen LogP contribution is 2.39. The Bertz CT molecular complexity index is 1350. The van der Waals surface area contributed by atoms with Gasteiger partial charge in [-0.25, -0.2) is 18.6 Å². The van der Waals surface area contributed by atoms with E-state index in [0.717, 1.165) is 46.9 Å². The Hall–Kier alpha value is -3.49. The number of rotatable bonds is 5. The van der Waals surface area contributed by atoms with E-state index >= 15 is 0 Å². The van der Waals surface area contributed by atoms with Crippen molar-refractivity contribution in [3.05, 3.63) is 64.5 Å². The van der Waals surface area contributed by atoms with Crippen molar-refractivity contribution in [2.45, 2.75) is 64.0 Å². The molecule has 0 saturated heterocycles. The van der Waals surface area contributed by atoms with Crippen molar-refractivity contribution in [3.8, 4) is 0 Å². The van der Waals surface area contributed by atoms with Gasteiger partial charge >= 0.3 is 12.1 Å². The van der Waals surface area contributed by atoms with E-state index in [4.69, 9.17) is 9.72 Å². The highest BCUT2D eigenvalue weighted by molar-refractivity contribution is 5.82. The number of hydrogen-bond donors (Lipinski definition) is 1. The van der Waals surface area contributed by atoms with Gasteiger partial charge < -0.3 is 19.3 Å². The Kier molecular flexibility index (Phi) is 6.88. The number of nitrogens with zero attached hydrogens (tertiary/aromatic N) is 3. The van der Waals surface area contributed by atoms with Gasteiger partial charge in [0.1, 0.15) is 5.82 Å². The molecule has 1 N–H and O–H groups in total. The minimum atomic E-state index is -0.881. The van der Waals surface area contributed by atoms with Crippen LogP contribution in [0.2, 0.25) is 0 Å². The molecule has 2 aliphatic rings. The number of carbonyl (C=O) groups excluding carboxylic acids is 1. The van der Waals surface area contributed by atoms with Gasteiger partial charge in [-0.1, -0.05) is 25.5 Å². The standard InChI is InChI=1S/C28H31F2N3O4/c1-16(18-6-8-22(29)23(30)13-18)14-33-24-9-7-17-10-11-32(28(36)37-2)15-21(17)25(24)31-26(33)19-4-3-5-20(12-19)27(34)35/h6-9,13,16,19-20H,3-5,10-12,14-15H2,1-2H3,(H,34,35)/t16-,19?,20-/m0/s1. The molecule has 2 heterocycles. The molecule has 1 aliphatic carbocycles. The van der Waals surface area contributed by atoms with Crippen LogP contribution in [0.1, 0.15) is 67.0 Å². The van der Waals surface area contributed by atoms with Crippen LogP contribution in [0.15, 0.2) is 30.3 Å². The zero-order valence-electron chi connectivity index (χ0n) is 21.0. The fourth-order valence-corrected chi connectivity index (χ4v) is 5.88. The summed E-state index contributed by atoms with van der Waals surface area (Å²) in [4.78, 5) is 30.8. The van der Waals surface area contributed by atoms with E-state index in [-0.39, 0.29) is 17.9 Å². The fourth-order valence-electron chi connectivity index (χ4n) is 5.88. The summed E-state index contributed by atoms with van der Waals surface area (Å²) in [6, 6.07) is 8.07. The molecule has 3 aromatic rings. The van der Waals surface area contributed by atoms with E-state index in [9.17, 15) is 23.5 Å². The van der Waals surface area contributed by atoms with Crippen LogP contribution in [0.25, 0.3) is 11.0 Å². The normalized spacial score (nSPS) is 20.5. The van der Waals surface area contributed by atoms with Gasteiger partial charge in [-0.05, 0) is 60.9 Å². The molecule has 1 saturated carbocycles. The first-order valence-corrected chi connectivity index (χ1v) is 12.8. The van der Waals surface area contributed by atoms with Crippen LogP contribution < -0.4 is 0 Å². The molecule has 37 heavy (non-hydrogen) atoms. The van der Waals surface area contributed by atoms with Crippen molar-refractivity contribution in [2.75, 3.05) is 13.7 Å². The molecule has 5 rings (SSSR count). The van der Waals surface area contributed by atoms with Gasteiger partial charge in [-0.3, -0.25) is 4.79 Å². The second kappa shape index (κ2) is 10.1. The summed E-state index contributed by atoms with van der Waals surface area (Å²) in [5.41, 5.74) is 4.47. The second-order valence-electron chi connectivity index (χ2n) is 10.3. The van der Waals surface area contributed by atoms with Crippen molar-refractivity contribution in [1.29, 1.82) is 0 Å². The number of fused-ring (bicyclic) bond motifs is 3. The third kappa shape index (κ3) is 4.79. The molecule has 9 heteroatoms. The number of aliphatic carboxylic acids is 1. The van der Waals surface area contributed by atoms with E-state index in [0.29, 0.717) is 44.5 Å². The molecule has 1 aromatic heterocycles. The first kappa shape index (κ1) is 25.2. The van der Waals surface area contributed by atoms with Crippen molar-refractivity contribution >= 4 is 23.1 Å². The third-order valence-electron chi connectivity index (χ3n) is 7.94. The number of ether oxygens (including phenoxy) is 1. The number of aromatic nitrogens is 2. The average Bonchev–Trinajstić information content (AvgIpc) is 3.28. The van der Waals surface area contributed by atoms with E-state index in [2.05, 4.69) is 10.6 Å². The Morgan fingerprint density at radius 2 is 2.00 bits per heavy atom. The maximum Gasteiger partial charge on any atom is 0.409 e. The summed E-state index contributed by atoms with van der Waals surface area (Å²) >= 11 is 0. The zero-order valence-corrected chi connectivity index (χ0v) is 21.0. The molecular formula is C28H31F2N3O4. The molecule has 1 fully saturated rings. The van der Waals surface area contributed by atoms with Gasteiger partial charge in [0.15, 0.2) is 11.6 Å². The number of methoxy groups -OCH3 is 1. The van der Waals surface area contributed by atoms with Gasteiger partial charge in [0, 0.05) is 24.6 Å². The predicted molar refractivity (Wildman–Crippen MR) is 133 cm³/mol. The van der Waals surface area contributed by atoms with Gasteiger partial charge in [0.05, 0.1) is 30.6 Å². The van der Waals surface area contributed by atoms with E-state index in [1.54, 1.807) is 11.0 Å². The molecule has 196 valence electrons. The smallest absolute Gasteiger partial charge is 0.409 e. The molecular weight excluding hydrogens is 480 g/mol. The van der Waals surface area contributed by atoms with Crippen LogP contribution in [0.5, 0.6) is 0 Å². The highest BCUT2D eigenvalue weighted by atomic mass is 19.2. The van der Waals surface area contributed by atoms with Crippen LogP contribution in [0.4, 0.5) is 13.6 Å². The fraction of sp³-hybridized carbons (Fsp3) is 0.464. The van der Waals surface area contributed by atoms with Crippen LogP contribution in [0.3, 0.4) is 0 Å². The van der Waals surface area contributed by atoms with Gasteiger partial charge in [0.25, 0.3) is 0 Å². The van der Waals surface area contributed by atoms with Gasteiger partial charge in [-0.15, -0.1) is 0 Å². The average molecular weight is 512 g/mol. The lowest BCUT2D eigenvalue weighted by molar-refractivity contribution is -0.143. The molecule has 1 amide bonds. The molecule has 2 aromatic carbocycles. The largest absolute Gasteiger partial charge is 0.481 e. The van der Waals surface area contributed by atoms with E-state index in [1.165, 1.54) is 13.2 Å². The van der Waals surface area contributed by atoms with Gasteiger partial charge in [-0.2, -0.15) is 0 Å². The molecule has 0 bridgehead atoms. The van der Waals surface area contributed by atoms with E-state index in [1.807, 2.05) is 13.0 Å². The molecule has 0 radical (unpaired) electrons. The monoisotopic (exact) mass is 511 g/mol. The molecule has 0 spiro atoms. The second-order valence-corrected chi connectivity index (χ2v) is 10.3. The Morgan fingerprint density at radius 3 is 2.73 bits per heavy atom. The van der Waals surface area contributed by atoms with Crippen LogP contribution in [0, 0.1) is 17.6 Å². The van der Waals surface area contributed by atoms with Crippen molar-refractivity contribution < 1.29 is 28.2 Å². The number of hydrogen-bond acceptors (Lipinski definition) is 4. The summed E-state index contributed by atoms with van der Waals surface area (Å²) in [5.74, 6) is -2.32. The molecule has 3 atom stereocenters. The number of halogens is 2. The van der Waals surface area contributed by atoms with Crippen molar-refractivity contribution in [2.24, 2.45) is 5.92 Å². The number of carboxylic acids is 1.